The first-order chi connectivity index (χ1) is 20.1. The van der Waals surface area contributed by atoms with E-state index in [0.29, 0.717) is 0 Å². The second kappa shape index (κ2) is 9.63. The van der Waals surface area contributed by atoms with Gasteiger partial charge >= 0.3 is 0 Å². The molecule has 8 nitrogen and oxygen atoms in total. The number of ether oxygens (including phenoxy) is 1. The van der Waals surface area contributed by atoms with Crippen LogP contribution in [0.15, 0.2) is 28.3 Å². The van der Waals surface area contributed by atoms with Gasteiger partial charge in [0.1, 0.15) is 5.69 Å². The molecule has 2 heterocycles. The van der Waals surface area contributed by atoms with Crippen LogP contribution in [0.5, 0.6) is 11.5 Å². The molecular formula is C27H16BrCl2F5N2O6. The maximum atomic E-state index is 15.0. The number of phenols is 1. The van der Waals surface area contributed by atoms with Crippen LogP contribution in [0.25, 0.3) is 0 Å². The summed E-state index contributed by atoms with van der Waals surface area (Å²) in [7, 11) is 1.21. The molecule has 0 aromatic heterocycles. The number of halogens is 8. The number of methoxy groups -OCH3 is 1. The number of rotatable bonds is 3. The highest BCUT2D eigenvalue weighted by molar-refractivity contribution is 9.10. The van der Waals surface area contributed by atoms with Crippen LogP contribution in [0.2, 0.25) is 0 Å². The molecule has 2 aromatic rings. The Balaban J connectivity index is 1.65. The topological polar surface area (TPSA) is 113 Å². The van der Waals surface area contributed by atoms with Crippen molar-refractivity contribution in [2.75, 3.05) is 12.0 Å². The van der Waals surface area contributed by atoms with Crippen molar-refractivity contribution >= 4 is 68.4 Å². The largest absolute Gasteiger partial charge is 0.504 e. The Labute approximate surface area is 256 Å². The van der Waals surface area contributed by atoms with Gasteiger partial charge in [0.2, 0.25) is 17.6 Å². The molecule has 2 saturated heterocycles. The van der Waals surface area contributed by atoms with E-state index in [1.54, 1.807) is 0 Å². The lowest BCUT2D eigenvalue weighted by Crippen LogP contribution is -2.60. The van der Waals surface area contributed by atoms with E-state index >= 15 is 8.78 Å². The number of amides is 4. The van der Waals surface area contributed by atoms with E-state index in [-0.39, 0.29) is 32.7 Å². The third-order valence-electron chi connectivity index (χ3n) is 8.66. The van der Waals surface area contributed by atoms with Crippen LogP contribution in [-0.2, 0) is 19.2 Å². The Bertz CT molecular complexity index is 1710. The fourth-order valence-electron chi connectivity index (χ4n) is 6.79. The minimum Gasteiger partial charge on any atom is -0.504 e. The van der Waals surface area contributed by atoms with Crippen molar-refractivity contribution in [3.8, 4) is 11.5 Å². The average Bonchev–Trinajstić information content (AvgIpc) is 3.34. The summed E-state index contributed by atoms with van der Waals surface area (Å²) in [5.41, 5.74) is -1.88. The summed E-state index contributed by atoms with van der Waals surface area (Å²) in [4.78, 5) is 47.9. The molecule has 2 aliphatic carbocycles. The van der Waals surface area contributed by atoms with Crippen LogP contribution in [0.3, 0.4) is 0 Å². The van der Waals surface area contributed by atoms with Gasteiger partial charge in [-0.2, -0.15) is 0 Å². The fraction of sp³-hybridized carbons (Fsp3) is 0.333. The number of aromatic hydroxyl groups is 1. The van der Waals surface area contributed by atoms with Crippen molar-refractivity contribution in [2.45, 2.75) is 28.5 Å². The maximum absolute atomic E-state index is 15.0. The van der Waals surface area contributed by atoms with Gasteiger partial charge in [-0.15, -0.1) is 23.2 Å². The molecule has 2 N–H and O–H groups in total. The zero-order valence-electron chi connectivity index (χ0n) is 21.4. The summed E-state index contributed by atoms with van der Waals surface area (Å²) in [6, 6.07) is 2.66. The van der Waals surface area contributed by atoms with Crippen LogP contribution in [0.4, 0.5) is 27.6 Å². The minimum absolute atomic E-state index is 0.0256. The van der Waals surface area contributed by atoms with Crippen LogP contribution >= 0.6 is 39.1 Å². The number of benzene rings is 2. The van der Waals surface area contributed by atoms with E-state index in [1.807, 2.05) is 0 Å². The molecule has 0 unspecified atom stereocenters. The number of hydrogen-bond acceptors (Lipinski definition) is 6. The predicted molar refractivity (Wildman–Crippen MR) is 142 cm³/mol. The number of hydrogen-bond donors (Lipinski definition) is 2. The number of imide groups is 2. The molecule has 0 bridgehead atoms. The van der Waals surface area contributed by atoms with Gasteiger partial charge in [-0.05, 0) is 30.9 Å². The standard InChI is InChI=1S/C27H16BrCl2F5N2O6/c1-43-12-5-7(28)4-10(21(12)38)14-8-2-3-9-13(23(40)36-22(9)39)11(8)6-26(29)24(41)37(25(42)27(14,26)30)20-18(34)16(32)15(31)17(33)19(20)35/h2,4-5,9,11,13-14,38H,3,6H2,1H3,(H,36,39,40)/t9-,11+,13-,14+,26+,27-/m0/s1. The number of nitrogens with one attached hydrogen (secondary N) is 1. The van der Waals surface area contributed by atoms with Crippen molar-refractivity contribution < 1.29 is 51.0 Å². The molecule has 3 fully saturated rings. The molecule has 2 aromatic carbocycles. The molecule has 0 spiro atoms. The number of carbonyl (C=O) groups is 4. The lowest BCUT2D eigenvalue weighted by atomic mass is 9.56. The van der Waals surface area contributed by atoms with Crippen molar-refractivity contribution in [2.24, 2.45) is 17.8 Å². The quantitative estimate of drug-likeness (QED) is 0.119. The fourth-order valence-corrected chi connectivity index (χ4v) is 8.17. The third-order valence-corrected chi connectivity index (χ3v) is 10.5. The molecule has 6 rings (SSSR count). The van der Waals surface area contributed by atoms with Crippen LogP contribution in [0, 0.1) is 46.8 Å². The molecule has 4 aliphatic rings. The van der Waals surface area contributed by atoms with Crippen molar-refractivity contribution in [1.82, 2.24) is 5.32 Å². The van der Waals surface area contributed by atoms with E-state index in [1.165, 1.54) is 25.3 Å². The zero-order valence-corrected chi connectivity index (χ0v) is 24.5. The molecule has 43 heavy (non-hydrogen) atoms. The molecule has 4 amide bonds. The summed E-state index contributed by atoms with van der Waals surface area (Å²) < 4.78 is 77.9. The van der Waals surface area contributed by atoms with Crippen LogP contribution in [0.1, 0.15) is 24.3 Å². The van der Waals surface area contributed by atoms with Crippen molar-refractivity contribution in [1.29, 1.82) is 0 Å². The smallest absolute Gasteiger partial charge is 0.258 e. The lowest BCUT2D eigenvalue weighted by molar-refractivity contribution is -0.127. The molecule has 2 aliphatic heterocycles. The summed E-state index contributed by atoms with van der Waals surface area (Å²) >= 11 is 17.2. The Morgan fingerprint density at radius 1 is 0.953 bits per heavy atom. The Kier molecular flexibility index (Phi) is 6.68. The van der Waals surface area contributed by atoms with E-state index in [9.17, 15) is 37.5 Å². The molecule has 0 radical (unpaired) electrons. The highest BCUT2D eigenvalue weighted by Crippen LogP contribution is 2.66. The van der Waals surface area contributed by atoms with Gasteiger partial charge in [0.05, 0.1) is 18.9 Å². The summed E-state index contributed by atoms with van der Waals surface area (Å²) in [6.45, 7) is 0. The van der Waals surface area contributed by atoms with Crippen LogP contribution in [-0.4, -0.2) is 45.6 Å². The minimum atomic E-state index is -2.76. The average molecular weight is 710 g/mol. The van der Waals surface area contributed by atoms with Gasteiger partial charge in [0, 0.05) is 16.0 Å². The molecule has 1 saturated carbocycles. The number of phenolic OH excluding ortho intramolecular Hbond substituents is 1. The normalized spacial score (nSPS) is 31.5. The number of alkyl halides is 2. The Morgan fingerprint density at radius 2 is 1.56 bits per heavy atom. The van der Waals surface area contributed by atoms with Gasteiger partial charge in [-0.25, -0.2) is 26.9 Å². The van der Waals surface area contributed by atoms with Crippen molar-refractivity contribution in [3.63, 3.8) is 0 Å². The van der Waals surface area contributed by atoms with E-state index in [0.717, 1.165) is 0 Å². The number of fused-ring (bicyclic) bond motifs is 4. The molecule has 16 heteroatoms. The molecule has 6 atom stereocenters. The van der Waals surface area contributed by atoms with Gasteiger partial charge in [-0.1, -0.05) is 27.6 Å². The zero-order chi connectivity index (χ0) is 31.5. The van der Waals surface area contributed by atoms with Gasteiger partial charge in [0.25, 0.3) is 11.8 Å². The maximum Gasteiger partial charge on any atom is 0.258 e. The Hall–Kier alpha value is -3.23. The number of carbonyl (C=O) groups excluding carboxylic acids is 4. The number of allylic oxidation sites excluding steroid dienone is 2. The van der Waals surface area contributed by atoms with Gasteiger partial charge < -0.3 is 9.84 Å². The van der Waals surface area contributed by atoms with Crippen LogP contribution < -0.4 is 15.0 Å². The first-order valence-corrected chi connectivity index (χ1v) is 14.1. The monoisotopic (exact) mass is 708 g/mol. The van der Waals surface area contributed by atoms with E-state index in [4.69, 9.17) is 27.9 Å². The summed E-state index contributed by atoms with van der Waals surface area (Å²) in [5.74, 6) is -22.4. The number of nitrogens with zero attached hydrogens (tertiary/aromatic N) is 1. The molecular weight excluding hydrogens is 694 g/mol. The predicted octanol–water partition coefficient (Wildman–Crippen LogP) is 4.71. The van der Waals surface area contributed by atoms with E-state index in [2.05, 4.69) is 21.2 Å². The van der Waals surface area contributed by atoms with Gasteiger partial charge in [0.15, 0.2) is 44.5 Å². The highest BCUT2D eigenvalue weighted by Gasteiger charge is 2.77. The summed E-state index contributed by atoms with van der Waals surface area (Å²) in [6.07, 6.45) is 0.827. The first kappa shape index (κ1) is 29.8. The van der Waals surface area contributed by atoms with Crippen molar-refractivity contribution in [3.05, 3.63) is 62.9 Å². The summed E-state index contributed by atoms with van der Waals surface area (Å²) in [5, 5.41) is 13.4. The second-order valence-corrected chi connectivity index (χ2v) is 12.7. The third kappa shape index (κ3) is 3.65. The number of anilines is 1. The lowest BCUT2D eigenvalue weighted by Gasteiger charge is -2.50. The SMILES string of the molecule is COc1cc(Br)cc([C@H]2C3=CC[C@@H]4C(=O)NC(=O)[C@@H]4[C@@H]3C[C@@]3(Cl)C(=O)N(c4c(F)c(F)c(F)c(F)c4F)C(=O)[C@@]23Cl)c1O. The first-order valence-electron chi connectivity index (χ1n) is 12.5. The Morgan fingerprint density at radius 3 is 2.16 bits per heavy atom. The molecule has 226 valence electrons. The second-order valence-electron chi connectivity index (χ2n) is 10.6. The van der Waals surface area contributed by atoms with E-state index < -0.39 is 104 Å². The van der Waals surface area contributed by atoms with Gasteiger partial charge in [-0.3, -0.25) is 24.5 Å². The highest BCUT2D eigenvalue weighted by atomic mass is 79.9.